The highest BCUT2D eigenvalue weighted by atomic mass is 32.2. The van der Waals surface area contributed by atoms with Crippen molar-refractivity contribution in [3.05, 3.63) is 59.9 Å². The summed E-state index contributed by atoms with van der Waals surface area (Å²) in [7, 11) is 1.79. The van der Waals surface area contributed by atoms with Crippen molar-refractivity contribution in [2.45, 2.75) is 24.3 Å². The maximum absolute atomic E-state index is 13.1. The molecule has 0 saturated carbocycles. The van der Waals surface area contributed by atoms with Crippen LogP contribution in [0.3, 0.4) is 0 Å². The van der Waals surface area contributed by atoms with Gasteiger partial charge in [-0.15, -0.1) is 10.2 Å². The Hall–Kier alpha value is -3.00. The summed E-state index contributed by atoms with van der Waals surface area (Å²) in [5.41, 5.74) is 1.68. The molecule has 0 aliphatic heterocycles. The van der Waals surface area contributed by atoms with Crippen molar-refractivity contribution in [1.29, 1.82) is 0 Å². The second-order valence-corrected chi connectivity index (χ2v) is 7.53. The molecular weight excluding hydrogens is 379 g/mol. The SMILES string of the molecule is CC(=O)c1ccccc1NC(=O)[C@@H](C)Sc1nnc(-c2ccc(F)cc2)n1C. The van der Waals surface area contributed by atoms with Gasteiger partial charge in [0.15, 0.2) is 16.8 Å². The van der Waals surface area contributed by atoms with Gasteiger partial charge < -0.3 is 9.88 Å². The van der Waals surface area contributed by atoms with Gasteiger partial charge in [-0.2, -0.15) is 0 Å². The van der Waals surface area contributed by atoms with Crippen molar-refractivity contribution in [1.82, 2.24) is 14.8 Å². The van der Waals surface area contributed by atoms with E-state index in [1.807, 2.05) is 0 Å². The van der Waals surface area contributed by atoms with Crippen LogP contribution >= 0.6 is 11.8 Å². The monoisotopic (exact) mass is 398 g/mol. The van der Waals surface area contributed by atoms with Crippen molar-refractivity contribution < 1.29 is 14.0 Å². The molecule has 0 unspecified atom stereocenters. The number of carbonyl (C=O) groups is 2. The van der Waals surface area contributed by atoms with E-state index in [4.69, 9.17) is 0 Å². The van der Waals surface area contributed by atoms with E-state index >= 15 is 0 Å². The van der Waals surface area contributed by atoms with Crippen LogP contribution in [-0.4, -0.2) is 31.7 Å². The van der Waals surface area contributed by atoms with Gasteiger partial charge in [-0.1, -0.05) is 23.9 Å². The molecule has 6 nitrogen and oxygen atoms in total. The summed E-state index contributed by atoms with van der Waals surface area (Å²) < 4.78 is 14.9. The average molecular weight is 398 g/mol. The van der Waals surface area contributed by atoms with Crippen molar-refractivity contribution in [2.24, 2.45) is 7.05 Å². The second-order valence-electron chi connectivity index (χ2n) is 6.22. The Morgan fingerprint density at radius 3 is 2.46 bits per heavy atom. The molecule has 1 amide bonds. The first-order chi connectivity index (χ1) is 13.4. The lowest BCUT2D eigenvalue weighted by atomic mass is 10.1. The molecule has 0 saturated heterocycles. The number of carbonyl (C=O) groups excluding carboxylic acids is 2. The minimum absolute atomic E-state index is 0.117. The van der Waals surface area contributed by atoms with Crippen LogP contribution in [0.2, 0.25) is 0 Å². The Kier molecular flexibility index (Phi) is 5.89. The van der Waals surface area contributed by atoms with Crippen molar-refractivity contribution >= 4 is 29.1 Å². The third-order valence-electron chi connectivity index (χ3n) is 4.15. The van der Waals surface area contributed by atoms with Gasteiger partial charge in [0.1, 0.15) is 5.82 Å². The zero-order chi connectivity index (χ0) is 20.3. The smallest absolute Gasteiger partial charge is 0.237 e. The topological polar surface area (TPSA) is 76.9 Å². The van der Waals surface area contributed by atoms with Gasteiger partial charge >= 0.3 is 0 Å². The highest BCUT2D eigenvalue weighted by Gasteiger charge is 2.20. The summed E-state index contributed by atoms with van der Waals surface area (Å²) in [6.07, 6.45) is 0. The predicted octanol–water partition coefficient (Wildman–Crippen LogP) is 3.94. The Morgan fingerprint density at radius 1 is 1.11 bits per heavy atom. The number of Topliss-reactive ketones (excluding diaryl/α,β-unsaturated/α-hetero) is 1. The molecule has 8 heteroatoms. The van der Waals surface area contributed by atoms with Crippen LogP contribution in [0.1, 0.15) is 24.2 Å². The third-order valence-corrected chi connectivity index (χ3v) is 5.29. The number of hydrogen-bond donors (Lipinski definition) is 1. The maximum Gasteiger partial charge on any atom is 0.237 e. The molecule has 1 atom stereocenters. The maximum atomic E-state index is 13.1. The molecule has 0 spiro atoms. The third kappa shape index (κ3) is 4.28. The van der Waals surface area contributed by atoms with E-state index < -0.39 is 5.25 Å². The molecule has 0 bridgehead atoms. The van der Waals surface area contributed by atoms with Gasteiger partial charge in [-0.3, -0.25) is 9.59 Å². The number of thioether (sulfide) groups is 1. The summed E-state index contributed by atoms with van der Waals surface area (Å²) in [6, 6.07) is 12.9. The molecule has 28 heavy (non-hydrogen) atoms. The van der Waals surface area contributed by atoms with E-state index in [9.17, 15) is 14.0 Å². The average Bonchev–Trinajstić information content (AvgIpc) is 3.03. The summed E-state index contributed by atoms with van der Waals surface area (Å²) in [5, 5.41) is 11.2. The summed E-state index contributed by atoms with van der Waals surface area (Å²) in [5.74, 6) is -0.104. The fraction of sp³-hybridized carbons (Fsp3) is 0.200. The highest BCUT2D eigenvalue weighted by molar-refractivity contribution is 8.00. The lowest BCUT2D eigenvalue weighted by Gasteiger charge is -2.13. The van der Waals surface area contributed by atoms with Crippen LogP contribution in [0, 0.1) is 5.82 Å². The number of amides is 1. The van der Waals surface area contributed by atoms with E-state index in [1.165, 1.54) is 30.8 Å². The van der Waals surface area contributed by atoms with E-state index in [0.717, 1.165) is 5.56 Å². The normalized spacial score (nSPS) is 11.9. The Morgan fingerprint density at radius 2 is 1.79 bits per heavy atom. The van der Waals surface area contributed by atoms with Crippen LogP contribution < -0.4 is 5.32 Å². The quantitative estimate of drug-likeness (QED) is 0.503. The molecule has 0 aliphatic rings. The van der Waals surface area contributed by atoms with Crippen LogP contribution in [0.5, 0.6) is 0 Å². The Balaban J connectivity index is 1.73. The van der Waals surface area contributed by atoms with Gasteiger partial charge in [0.25, 0.3) is 0 Å². The largest absolute Gasteiger partial charge is 0.324 e. The van der Waals surface area contributed by atoms with E-state index in [0.29, 0.717) is 22.2 Å². The summed E-state index contributed by atoms with van der Waals surface area (Å²) in [6.45, 7) is 3.21. The van der Waals surface area contributed by atoms with Gasteiger partial charge in [-0.05, 0) is 50.2 Å². The lowest BCUT2D eigenvalue weighted by Crippen LogP contribution is -2.23. The van der Waals surface area contributed by atoms with Crippen molar-refractivity contribution in [3.8, 4) is 11.4 Å². The number of benzene rings is 2. The number of nitrogens with zero attached hydrogens (tertiary/aromatic N) is 3. The molecule has 144 valence electrons. The van der Waals surface area contributed by atoms with Gasteiger partial charge in [0, 0.05) is 18.2 Å². The zero-order valence-electron chi connectivity index (χ0n) is 15.6. The number of rotatable bonds is 6. The molecule has 0 aliphatic carbocycles. The minimum atomic E-state index is -0.469. The van der Waals surface area contributed by atoms with Crippen LogP contribution in [0.4, 0.5) is 10.1 Å². The number of nitrogens with one attached hydrogen (secondary N) is 1. The fourth-order valence-corrected chi connectivity index (χ4v) is 3.43. The van der Waals surface area contributed by atoms with Crippen LogP contribution in [0.25, 0.3) is 11.4 Å². The number of ketones is 1. The summed E-state index contributed by atoms with van der Waals surface area (Å²) >= 11 is 1.25. The van der Waals surface area contributed by atoms with Gasteiger partial charge in [0.2, 0.25) is 5.91 Å². The fourth-order valence-electron chi connectivity index (χ4n) is 2.61. The first-order valence-electron chi connectivity index (χ1n) is 8.59. The van der Waals surface area contributed by atoms with Gasteiger partial charge in [0.05, 0.1) is 10.9 Å². The highest BCUT2D eigenvalue weighted by Crippen LogP contribution is 2.27. The zero-order valence-corrected chi connectivity index (χ0v) is 16.5. The second kappa shape index (κ2) is 8.35. The first kappa shape index (κ1) is 19.8. The molecule has 1 aromatic heterocycles. The molecule has 0 radical (unpaired) electrons. The van der Waals surface area contributed by atoms with Crippen molar-refractivity contribution in [3.63, 3.8) is 0 Å². The lowest BCUT2D eigenvalue weighted by molar-refractivity contribution is -0.115. The number of anilines is 1. The molecule has 1 N–H and O–H groups in total. The molecule has 3 aromatic rings. The minimum Gasteiger partial charge on any atom is -0.324 e. The van der Waals surface area contributed by atoms with E-state index in [1.54, 1.807) is 54.9 Å². The van der Waals surface area contributed by atoms with Crippen LogP contribution in [0.15, 0.2) is 53.7 Å². The predicted molar refractivity (Wildman–Crippen MR) is 107 cm³/mol. The number of hydrogen-bond acceptors (Lipinski definition) is 5. The summed E-state index contributed by atoms with van der Waals surface area (Å²) in [4.78, 5) is 24.3. The van der Waals surface area contributed by atoms with Crippen LogP contribution in [-0.2, 0) is 11.8 Å². The Labute approximate surface area is 166 Å². The first-order valence-corrected chi connectivity index (χ1v) is 9.47. The number of halogens is 1. The standard InChI is InChI=1S/C20H19FN4O2S/c1-12(26)16-6-4-5-7-17(16)22-19(27)13(2)28-20-24-23-18(25(20)3)14-8-10-15(21)11-9-14/h4-11,13H,1-3H3,(H,22,27)/t13-/m1/s1. The number of para-hydroxylation sites is 1. The molecule has 1 heterocycles. The molecule has 0 fully saturated rings. The van der Waals surface area contributed by atoms with E-state index in [-0.39, 0.29) is 17.5 Å². The molecular formula is C20H19FN4O2S. The molecule has 3 rings (SSSR count). The number of aromatic nitrogens is 3. The van der Waals surface area contributed by atoms with Crippen molar-refractivity contribution in [2.75, 3.05) is 5.32 Å². The van der Waals surface area contributed by atoms with Gasteiger partial charge in [-0.25, -0.2) is 4.39 Å². The Bertz CT molecular complexity index is 1020. The van der Waals surface area contributed by atoms with E-state index in [2.05, 4.69) is 15.5 Å². The molecule has 2 aromatic carbocycles.